The van der Waals surface area contributed by atoms with Crippen LogP contribution in [0.5, 0.6) is 0 Å². The maximum Gasteiger partial charge on any atom is 0.282 e. The maximum atomic E-state index is 12.7. The Morgan fingerprint density at radius 2 is 1.76 bits per heavy atom. The van der Waals surface area contributed by atoms with Gasteiger partial charge in [-0.2, -0.15) is 0 Å². The van der Waals surface area contributed by atoms with Gasteiger partial charge < -0.3 is 4.42 Å². The van der Waals surface area contributed by atoms with E-state index in [0.717, 1.165) is 4.47 Å². The van der Waals surface area contributed by atoms with Crippen molar-refractivity contribution in [2.45, 2.75) is 6.92 Å². The van der Waals surface area contributed by atoms with Gasteiger partial charge in [-0.05, 0) is 49.4 Å². The molecule has 0 atom stereocenters. The summed E-state index contributed by atoms with van der Waals surface area (Å²) in [6.45, 7) is 1.49. The molecule has 29 heavy (non-hydrogen) atoms. The first-order valence-corrected chi connectivity index (χ1v) is 9.56. The van der Waals surface area contributed by atoms with E-state index in [1.165, 1.54) is 18.0 Å². The van der Waals surface area contributed by atoms with Crippen LogP contribution >= 0.6 is 15.9 Å². The van der Waals surface area contributed by atoms with Crippen LogP contribution in [0.2, 0.25) is 0 Å². The molecule has 3 aromatic rings. The van der Waals surface area contributed by atoms with Crippen LogP contribution < -0.4 is 10.4 Å². The van der Waals surface area contributed by atoms with E-state index in [4.69, 9.17) is 4.42 Å². The first-order chi connectivity index (χ1) is 13.9. The van der Waals surface area contributed by atoms with Crippen molar-refractivity contribution in [1.29, 1.82) is 0 Å². The van der Waals surface area contributed by atoms with Crippen LogP contribution in [0.3, 0.4) is 0 Å². The van der Waals surface area contributed by atoms with Gasteiger partial charge in [-0.15, -0.1) is 0 Å². The summed E-state index contributed by atoms with van der Waals surface area (Å²) in [6, 6.07) is 17.5. The number of amides is 2. The van der Waals surface area contributed by atoms with Crippen molar-refractivity contribution in [3.63, 3.8) is 0 Å². The Morgan fingerprint density at radius 1 is 1.03 bits per heavy atom. The number of furan rings is 1. The summed E-state index contributed by atoms with van der Waals surface area (Å²) in [7, 11) is 0. The van der Waals surface area contributed by atoms with Gasteiger partial charge in [0.1, 0.15) is 17.1 Å². The second kappa shape index (κ2) is 7.52. The van der Waals surface area contributed by atoms with Crippen molar-refractivity contribution in [3.8, 4) is 11.3 Å². The van der Waals surface area contributed by atoms with Gasteiger partial charge in [0, 0.05) is 15.6 Å². The molecule has 0 saturated carbocycles. The lowest BCUT2D eigenvalue weighted by Crippen LogP contribution is -2.35. The molecule has 1 aliphatic rings. The van der Waals surface area contributed by atoms with E-state index < -0.39 is 11.8 Å². The Labute approximate surface area is 174 Å². The second-order valence-electron chi connectivity index (χ2n) is 6.42. The molecule has 2 amide bonds. The fourth-order valence-corrected chi connectivity index (χ4v) is 3.32. The van der Waals surface area contributed by atoms with E-state index in [2.05, 4.69) is 21.4 Å². The highest BCUT2D eigenvalue weighted by molar-refractivity contribution is 9.10. The van der Waals surface area contributed by atoms with Crippen LogP contribution in [0.25, 0.3) is 17.4 Å². The topological polar surface area (TPSA) is 79.6 Å². The van der Waals surface area contributed by atoms with Crippen molar-refractivity contribution in [1.82, 2.24) is 5.43 Å². The van der Waals surface area contributed by atoms with E-state index in [-0.39, 0.29) is 11.4 Å². The quantitative estimate of drug-likeness (QED) is 0.363. The Balaban J connectivity index is 1.64. The van der Waals surface area contributed by atoms with Crippen LogP contribution in [-0.2, 0) is 9.59 Å². The minimum Gasteiger partial charge on any atom is -0.457 e. The summed E-state index contributed by atoms with van der Waals surface area (Å²) in [5.41, 5.74) is 4.26. The third kappa shape index (κ3) is 3.64. The molecule has 2 heterocycles. The average molecular weight is 451 g/mol. The molecule has 0 radical (unpaired) electrons. The first-order valence-electron chi connectivity index (χ1n) is 8.77. The number of anilines is 1. The molecule has 6 nitrogen and oxygen atoms in total. The number of halogens is 1. The average Bonchev–Trinajstić information content (AvgIpc) is 3.29. The molecule has 1 aliphatic heterocycles. The summed E-state index contributed by atoms with van der Waals surface area (Å²) >= 11 is 3.34. The highest BCUT2D eigenvalue weighted by atomic mass is 79.9. The molecule has 1 aromatic heterocycles. The molecule has 1 saturated heterocycles. The molecule has 144 valence electrons. The molecule has 1 N–H and O–H groups in total. The van der Waals surface area contributed by atoms with Crippen LogP contribution in [0.15, 0.2) is 75.1 Å². The molecule has 0 bridgehead atoms. The monoisotopic (exact) mass is 450 g/mol. The molecule has 4 rings (SSSR count). The smallest absolute Gasteiger partial charge is 0.282 e. The number of hydrogen-bond donors (Lipinski definition) is 1. The molecule has 7 heteroatoms. The Bertz CT molecular complexity index is 1160. The van der Waals surface area contributed by atoms with Gasteiger partial charge in [0.05, 0.1) is 5.69 Å². The molecular weight excluding hydrogens is 436 g/mol. The standard InChI is InChI=1S/C22H15BrN2O4/c1-13(26)17-4-2-3-5-18(17)20-11-10-16(29-20)12-19-21(27)24-25(22(19)28)15-8-6-14(23)7-9-15/h2-12H,1H3,(H,24,27)/b19-12+. The number of ketones is 1. The van der Waals surface area contributed by atoms with Crippen molar-refractivity contribution >= 4 is 45.3 Å². The fourth-order valence-electron chi connectivity index (χ4n) is 3.05. The van der Waals surface area contributed by atoms with E-state index in [0.29, 0.717) is 28.3 Å². The lowest BCUT2D eigenvalue weighted by atomic mass is 10.0. The predicted molar refractivity (Wildman–Crippen MR) is 112 cm³/mol. The number of rotatable bonds is 4. The Hall–Kier alpha value is -3.45. The van der Waals surface area contributed by atoms with Gasteiger partial charge >= 0.3 is 0 Å². The van der Waals surface area contributed by atoms with Crippen LogP contribution in [0.1, 0.15) is 23.0 Å². The first kappa shape index (κ1) is 18.9. The molecule has 1 fully saturated rings. The Morgan fingerprint density at radius 3 is 2.48 bits per heavy atom. The molecule has 2 aromatic carbocycles. The number of carbonyl (C=O) groups is 3. The summed E-state index contributed by atoms with van der Waals surface area (Å²) < 4.78 is 6.66. The van der Waals surface area contributed by atoms with Crippen molar-refractivity contribution < 1.29 is 18.8 Å². The van der Waals surface area contributed by atoms with Gasteiger partial charge in [-0.3, -0.25) is 19.8 Å². The van der Waals surface area contributed by atoms with Crippen molar-refractivity contribution in [3.05, 3.63) is 82.0 Å². The molecular formula is C22H15BrN2O4. The fraction of sp³-hybridized carbons (Fsp3) is 0.0455. The third-order valence-electron chi connectivity index (χ3n) is 4.46. The van der Waals surface area contributed by atoms with E-state index in [1.54, 1.807) is 54.6 Å². The number of hydrogen-bond acceptors (Lipinski definition) is 4. The second-order valence-corrected chi connectivity index (χ2v) is 7.34. The van der Waals surface area contributed by atoms with Crippen LogP contribution in [0.4, 0.5) is 5.69 Å². The number of benzene rings is 2. The lowest BCUT2D eigenvalue weighted by Gasteiger charge is -2.14. The summed E-state index contributed by atoms with van der Waals surface area (Å²) in [4.78, 5) is 36.9. The zero-order valence-corrected chi connectivity index (χ0v) is 16.9. The zero-order valence-electron chi connectivity index (χ0n) is 15.3. The SMILES string of the molecule is CC(=O)c1ccccc1-c1ccc(/C=C2\C(=O)NN(c3ccc(Br)cc3)C2=O)o1. The number of carbonyl (C=O) groups excluding carboxylic acids is 3. The van der Waals surface area contributed by atoms with Gasteiger partial charge in [0.2, 0.25) is 0 Å². The zero-order chi connectivity index (χ0) is 20.5. The van der Waals surface area contributed by atoms with Crippen LogP contribution in [-0.4, -0.2) is 17.6 Å². The number of nitrogens with one attached hydrogen (secondary N) is 1. The van der Waals surface area contributed by atoms with Gasteiger partial charge in [-0.1, -0.05) is 40.2 Å². The lowest BCUT2D eigenvalue weighted by molar-refractivity contribution is -0.117. The van der Waals surface area contributed by atoms with Crippen molar-refractivity contribution in [2.75, 3.05) is 5.01 Å². The molecule has 0 spiro atoms. The summed E-state index contributed by atoms with van der Waals surface area (Å²) in [6.07, 6.45) is 1.40. The van der Waals surface area contributed by atoms with Crippen LogP contribution in [0, 0.1) is 0 Å². The molecule has 0 unspecified atom stereocenters. The number of Topliss-reactive ketones (excluding diaryl/α,β-unsaturated/α-hetero) is 1. The summed E-state index contributed by atoms with van der Waals surface area (Å²) in [5, 5.41) is 1.19. The van der Waals surface area contributed by atoms with Crippen molar-refractivity contribution in [2.24, 2.45) is 0 Å². The predicted octanol–water partition coefficient (Wildman–Crippen LogP) is 4.37. The highest BCUT2D eigenvalue weighted by Crippen LogP contribution is 2.28. The highest BCUT2D eigenvalue weighted by Gasteiger charge is 2.34. The van der Waals surface area contributed by atoms with E-state index in [9.17, 15) is 14.4 Å². The van der Waals surface area contributed by atoms with Gasteiger partial charge in [0.25, 0.3) is 11.8 Å². The third-order valence-corrected chi connectivity index (χ3v) is 4.99. The van der Waals surface area contributed by atoms with E-state index in [1.807, 2.05) is 6.07 Å². The van der Waals surface area contributed by atoms with Gasteiger partial charge in [0.15, 0.2) is 5.78 Å². The number of nitrogens with zero attached hydrogens (tertiary/aromatic N) is 1. The Kier molecular flexibility index (Phi) is 4.90. The van der Waals surface area contributed by atoms with E-state index >= 15 is 0 Å². The number of hydrazine groups is 1. The summed E-state index contributed by atoms with van der Waals surface area (Å²) in [5.74, 6) is -0.236. The maximum absolute atomic E-state index is 12.7. The normalized spacial score (nSPS) is 15.1. The minimum absolute atomic E-state index is 0.0336. The minimum atomic E-state index is -0.514. The van der Waals surface area contributed by atoms with Gasteiger partial charge in [-0.25, -0.2) is 5.01 Å². The molecule has 0 aliphatic carbocycles. The largest absolute Gasteiger partial charge is 0.457 e.